The van der Waals surface area contributed by atoms with Crippen LogP contribution in [0.4, 0.5) is 10.1 Å². The van der Waals surface area contributed by atoms with Crippen molar-refractivity contribution < 1.29 is 9.18 Å². The third-order valence-corrected chi connectivity index (χ3v) is 7.26. The van der Waals surface area contributed by atoms with Crippen LogP contribution in [0.5, 0.6) is 0 Å². The fraction of sp³-hybridized carbons (Fsp3) is 0.636. The zero-order valence-electron chi connectivity index (χ0n) is 16.1. The molecule has 148 valence electrons. The molecule has 4 atom stereocenters. The van der Waals surface area contributed by atoms with E-state index in [0.717, 1.165) is 51.1 Å². The number of hydrogen-bond donors (Lipinski definition) is 2. The summed E-state index contributed by atoms with van der Waals surface area (Å²) in [5, 5.41) is 16.2. The Labute approximate surface area is 165 Å². The van der Waals surface area contributed by atoms with Crippen LogP contribution in [0.3, 0.4) is 0 Å². The van der Waals surface area contributed by atoms with Crippen molar-refractivity contribution in [3.05, 3.63) is 29.6 Å². The van der Waals surface area contributed by atoms with E-state index in [4.69, 9.17) is 0 Å². The van der Waals surface area contributed by atoms with Gasteiger partial charge in [0.25, 0.3) is 0 Å². The molecule has 6 heteroatoms. The maximum Gasteiger partial charge on any atom is 0.151 e. The van der Waals surface area contributed by atoms with E-state index in [2.05, 4.69) is 21.6 Å². The minimum Gasteiger partial charge on any atom is -0.370 e. The lowest BCUT2D eigenvalue weighted by atomic mass is 9.74. The van der Waals surface area contributed by atoms with Gasteiger partial charge in [-0.05, 0) is 49.3 Å². The molecule has 5 nitrogen and oxygen atoms in total. The highest BCUT2D eigenvalue weighted by atomic mass is 19.1. The van der Waals surface area contributed by atoms with Crippen molar-refractivity contribution in [3.63, 3.8) is 0 Å². The van der Waals surface area contributed by atoms with Crippen LogP contribution in [-0.2, 0) is 11.2 Å². The topological polar surface area (TPSA) is 68.2 Å². The molecular weight excluding hydrogens is 355 g/mol. The highest BCUT2D eigenvalue weighted by molar-refractivity contribution is 5.85. The van der Waals surface area contributed by atoms with Gasteiger partial charge >= 0.3 is 0 Å². The van der Waals surface area contributed by atoms with Crippen molar-refractivity contribution in [3.8, 4) is 6.07 Å². The van der Waals surface area contributed by atoms with Crippen LogP contribution in [0, 0.1) is 34.4 Å². The fourth-order valence-electron chi connectivity index (χ4n) is 5.56. The smallest absolute Gasteiger partial charge is 0.151 e. The lowest BCUT2D eigenvalue weighted by molar-refractivity contribution is -0.122. The van der Waals surface area contributed by atoms with Crippen molar-refractivity contribution >= 4 is 11.5 Å². The molecule has 3 heterocycles. The molecule has 1 aromatic carbocycles. The molecule has 3 aliphatic heterocycles. The molecule has 0 amide bonds. The molecule has 2 bridgehead atoms. The van der Waals surface area contributed by atoms with Gasteiger partial charge in [-0.3, -0.25) is 4.79 Å². The molecular formula is C22H27FN4O. The van der Waals surface area contributed by atoms with Crippen LogP contribution in [-0.4, -0.2) is 44.0 Å². The Hall–Kier alpha value is -1.97. The number of benzene rings is 1. The largest absolute Gasteiger partial charge is 0.370 e. The third kappa shape index (κ3) is 3.11. The van der Waals surface area contributed by atoms with Crippen LogP contribution in [0.2, 0.25) is 0 Å². The fourth-order valence-corrected chi connectivity index (χ4v) is 5.56. The van der Waals surface area contributed by atoms with E-state index in [1.54, 1.807) is 12.1 Å². The average Bonchev–Trinajstić information content (AvgIpc) is 3.24. The second kappa shape index (κ2) is 6.82. The number of Topliss-reactive ketones (excluding diaryl/α,β-unsaturated/α-hetero) is 1. The summed E-state index contributed by atoms with van der Waals surface area (Å²) in [6, 6.07) is 7.93. The van der Waals surface area contributed by atoms with Gasteiger partial charge in [-0.15, -0.1) is 0 Å². The molecule has 0 aromatic heterocycles. The maximum atomic E-state index is 14.7. The predicted octanol–water partition coefficient (Wildman–Crippen LogP) is 2.02. The molecule has 1 aromatic rings. The number of ketones is 1. The Kier molecular flexibility index (Phi) is 4.41. The van der Waals surface area contributed by atoms with Crippen LogP contribution in [0.25, 0.3) is 0 Å². The zero-order valence-corrected chi connectivity index (χ0v) is 16.1. The lowest BCUT2D eigenvalue weighted by Gasteiger charge is -2.57. The summed E-state index contributed by atoms with van der Waals surface area (Å²) < 4.78 is 14.7. The standard InChI is InChI=1S/C22H27FN4O/c23-19-8-18(27-12-22(13-27)10-25-11-22)4-2-15(19)5-14(9-24)6-20(28)21-16-1-3-17(7-16)26-21/h2,4,8,14,16-17,21,25-26H,1,3,5-7,10-13H2/t14-,16+,17-,21+/m1/s1. The highest BCUT2D eigenvalue weighted by Gasteiger charge is 2.47. The summed E-state index contributed by atoms with van der Waals surface area (Å²) in [7, 11) is 0. The highest BCUT2D eigenvalue weighted by Crippen LogP contribution is 2.38. The number of rotatable bonds is 6. The van der Waals surface area contributed by atoms with E-state index in [0.29, 0.717) is 29.4 Å². The second-order valence-electron chi connectivity index (χ2n) is 9.35. The van der Waals surface area contributed by atoms with Crippen molar-refractivity contribution in [2.75, 3.05) is 31.1 Å². The summed E-state index contributed by atoms with van der Waals surface area (Å²) in [6.07, 6.45) is 3.85. The van der Waals surface area contributed by atoms with E-state index < -0.39 is 5.92 Å². The van der Waals surface area contributed by atoms with E-state index in [-0.39, 0.29) is 24.1 Å². The van der Waals surface area contributed by atoms with Crippen molar-refractivity contribution in [2.24, 2.45) is 17.3 Å². The summed E-state index contributed by atoms with van der Waals surface area (Å²) in [5.41, 5.74) is 1.84. The molecule has 28 heavy (non-hydrogen) atoms. The summed E-state index contributed by atoms with van der Waals surface area (Å²) in [6.45, 7) is 4.06. The number of carbonyl (C=O) groups excluding carboxylic acids is 1. The molecule has 1 spiro atoms. The van der Waals surface area contributed by atoms with Gasteiger partial charge in [0.2, 0.25) is 0 Å². The Balaban J connectivity index is 1.19. The van der Waals surface area contributed by atoms with Gasteiger partial charge in [-0.1, -0.05) is 6.07 Å². The number of carbonyl (C=O) groups is 1. The number of piperidine rings is 1. The second-order valence-corrected chi connectivity index (χ2v) is 9.35. The first-order valence-electron chi connectivity index (χ1n) is 10.5. The van der Waals surface area contributed by atoms with Crippen LogP contribution < -0.4 is 15.5 Å². The molecule has 1 aliphatic carbocycles. The molecule has 5 rings (SSSR count). The molecule has 0 unspecified atom stereocenters. The van der Waals surface area contributed by atoms with E-state index in [1.807, 2.05) is 6.07 Å². The average molecular weight is 382 g/mol. The van der Waals surface area contributed by atoms with Crippen molar-refractivity contribution in [2.45, 2.75) is 44.2 Å². The SMILES string of the molecule is N#C[C@@H](CC(=O)[C@H]1N[C@@H]2CC[C@H]1C2)Cc1ccc(N2CC3(CNC3)C2)cc1F. The maximum absolute atomic E-state index is 14.7. The number of nitrogens with one attached hydrogen (secondary N) is 2. The first kappa shape index (κ1) is 18.1. The predicted molar refractivity (Wildman–Crippen MR) is 104 cm³/mol. The minimum absolute atomic E-state index is 0.0958. The summed E-state index contributed by atoms with van der Waals surface area (Å²) in [4.78, 5) is 14.9. The van der Waals surface area contributed by atoms with Gasteiger partial charge < -0.3 is 15.5 Å². The molecule has 3 saturated heterocycles. The Morgan fingerprint density at radius 3 is 2.75 bits per heavy atom. The summed E-state index contributed by atoms with van der Waals surface area (Å²) >= 11 is 0. The molecule has 4 fully saturated rings. The van der Waals surface area contributed by atoms with Gasteiger partial charge in [-0.2, -0.15) is 5.26 Å². The Morgan fingerprint density at radius 2 is 2.18 bits per heavy atom. The molecule has 0 radical (unpaired) electrons. The number of nitriles is 1. The van der Waals surface area contributed by atoms with Gasteiger partial charge in [-0.25, -0.2) is 4.39 Å². The van der Waals surface area contributed by atoms with Gasteiger partial charge in [0, 0.05) is 49.7 Å². The number of anilines is 1. The van der Waals surface area contributed by atoms with E-state index in [9.17, 15) is 14.4 Å². The number of fused-ring (bicyclic) bond motifs is 2. The zero-order chi connectivity index (χ0) is 19.3. The monoisotopic (exact) mass is 382 g/mol. The minimum atomic E-state index is -0.470. The van der Waals surface area contributed by atoms with Gasteiger partial charge in [0.15, 0.2) is 5.78 Å². The summed E-state index contributed by atoms with van der Waals surface area (Å²) in [5.74, 6) is -0.188. The number of halogens is 1. The normalized spacial score (nSPS) is 30.6. The van der Waals surface area contributed by atoms with Crippen molar-refractivity contribution in [1.29, 1.82) is 5.26 Å². The molecule has 4 aliphatic rings. The van der Waals surface area contributed by atoms with E-state index in [1.165, 1.54) is 0 Å². The van der Waals surface area contributed by atoms with Gasteiger partial charge in [0.05, 0.1) is 18.0 Å². The number of hydrogen-bond acceptors (Lipinski definition) is 5. The lowest BCUT2D eigenvalue weighted by Crippen LogP contribution is -2.71. The quantitative estimate of drug-likeness (QED) is 0.788. The van der Waals surface area contributed by atoms with Gasteiger partial charge in [0.1, 0.15) is 5.82 Å². The first-order valence-corrected chi connectivity index (χ1v) is 10.5. The molecule has 1 saturated carbocycles. The van der Waals surface area contributed by atoms with E-state index >= 15 is 0 Å². The Morgan fingerprint density at radius 1 is 1.36 bits per heavy atom. The Bertz CT molecular complexity index is 822. The number of nitrogens with zero attached hydrogens (tertiary/aromatic N) is 2. The third-order valence-electron chi connectivity index (χ3n) is 7.26. The van der Waals surface area contributed by atoms with Crippen LogP contribution in [0.15, 0.2) is 18.2 Å². The first-order chi connectivity index (χ1) is 13.5. The molecule has 2 N–H and O–H groups in total. The van der Waals surface area contributed by atoms with Crippen LogP contribution in [0.1, 0.15) is 31.2 Å². The van der Waals surface area contributed by atoms with Crippen molar-refractivity contribution in [1.82, 2.24) is 10.6 Å². The van der Waals surface area contributed by atoms with Crippen LogP contribution >= 0.6 is 0 Å².